The molecular formula is C26H38O2. The van der Waals surface area contributed by atoms with Gasteiger partial charge in [0.05, 0.1) is 0 Å². The molecule has 2 heteroatoms. The van der Waals surface area contributed by atoms with E-state index in [-0.39, 0.29) is 5.92 Å². The van der Waals surface area contributed by atoms with E-state index in [1.165, 1.54) is 55.2 Å². The number of hydrogen-bond donors (Lipinski definition) is 0. The molecule has 0 aromatic heterocycles. The van der Waals surface area contributed by atoms with Gasteiger partial charge in [-0.3, -0.25) is 0 Å². The first-order valence-corrected chi connectivity index (χ1v) is 10.8. The van der Waals surface area contributed by atoms with Crippen LogP contribution in [0.2, 0.25) is 0 Å². The van der Waals surface area contributed by atoms with Crippen molar-refractivity contribution >= 4 is 0 Å². The maximum atomic E-state index is 6.20. The molecule has 0 heterocycles. The van der Waals surface area contributed by atoms with Crippen LogP contribution in [-0.4, -0.2) is 14.2 Å². The highest BCUT2D eigenvalue weighted by Gasteiger charge is 2.43. The molecule has 0 amide bonds. The zero-order chi connectivity index (χ0) is 20.4. The Morgan fingerprint density at radius 1 is 0.750 bits per heavy atom. The fourth-order valence-corrected chi connectivity index (χ4v) is 4.40. The molecule has 0 spiro atoms. The number of aryl methyl sites for hydroxylation is 2. The van der Waals surface area contributed by atoms with Crippen molar-refractivity contribution in [3.63, 3.8) is 0 Å². The predicted molar refractivity (Wildman–Crippen MR) is 119 cm³/mol. The minimum Gasteiger partial charge on any atom is -0.349 e. The van der Waals surface area contributed by atoms with Crippen LogP contribution in [-0.2, 0) is 15.3 Å². The van der Waals surface area contributed by atoms with E-state index < -0.39 is 5.79 Å². The normalized spacial score (nSPS) is 12.9. The molecule has 0 aliphatic heterocycles. The SMILES string of the molecule is CCCCCCCCC(c1ccccc1C)C(OC)(OC)c1ccccc1C. The van der Waals surface area contributed by atoms with Gasteiger partial charge in [-0.1, -0.05) is 94.0 Å². The Hall–Kier alpha value is -1.64. The fourth-order valence-electron chi connectivity index (χ4n) is 4.40. The van der Waals surface area contributed by atoms with E-state index in [9.17, 15) is 0 Å². The van der Waals surface area contributed by atoms with Crippen LogP contribution in [0.1, 0.15) is 80.0 Å². The van der Waals surface area contributed by atoms with Gasteiger partial charge < -0.3 is 9.47 Å². The van der Waals surface area contributed by atoms with Gasteiger partial charge in [0.1, 0.15) is 0 Å². The standard InChI is InChI=1S/C26H38O2/c1-6-7-8-9-10-11-20-25(23-18-14-12-16-21(23)2)26(27-4,28-5)24-19-15-13-17-22(24)3/h12-19,25H,6-11,20H2,1-5H3. The lowest BCUT2D eigenvalue weighted by atomic mass is 9.79. The van der Waals surface area contributed by atoms with Crippen LogP contribution in [0.4, 0.5) is 0 Å². The Kier molecular flexibility index (Phi) is 9.21. The lowest BCUT2D eigenvalue weighted by molar-refractivity contribution is -0.233. The first kappa shape index (κ1) is 22.6. The summed E-state index contributed by atoms with van der Waals surface area (Å²) in [6, 6.07) is 17.1. The minimum absolute atomic E-state index is 0.149. The predicted octanol–water partition coefficient (Wildman–Crippen LogP) is 7.28. The van der Waals surface area contributed by atoms with Gasteiger partial charge in [0.25, 0.3) is 0 Å². The van der Waals surface area contributed by atoms with E-state index >= 15 is 0 Å². The van der Waals surface area contributed by atoms with Gasteiger partial charge >= 0.3 is 0 Å². The number of unbranched alkanes of at least 4 members (excludes halogenated alkanes) is 5. The fraction of sp³-hybridized carbons (Fsp3) is 0.538. The van der Waals surface area contributed by atoms with E-state index in [2.05, 4.69) is 69.3 Å². The van der Waals surface area contributed by atoms with Crippen molar-refractivity contribution in [1.82, 2.24) is 0 Å². The van der Waals surface area contributed by atoms with Crippen LogP contribution < -0.4 is 0 Å². The molecule has 28 heavy (non-hydrogen) atoms. The number of methoxy groups -OCH3 is 2. The highest BCUT2D eigenvalue weighted by atomic mass is 16.7. The molecule has 2 aromatic rings. The molecule has 154 valence electrons. The average molecular weight is 383 g/mol. The third kappa shape index (κ3) is 5.24. The topological polar surface area (TPSA) is 18.5 Å². The van der Waals surface area contributed by atoms with E-state index in [4.69, 9.17) is 9.47 Å². The maximum Gasteiger partial charge on any atom is 0.201 e. The Bertz CT molecular complexity index is 703. The number of benzene rings is 2. The van der Waals surface area contributed by atoms with Gasteiger partial charge in [0, 0.05) is 25.7 Å². The second-order valence-electron chi connectivity index (χ2n) is 7.86. The van der Waals surface area contributed by atoms with Crippen LogP contribution in [0.3, 0.4) is 0 Å². The summed E-state index contributed by atoms with van der Waals surface area (Å²) in [6.45, 7) is 6.60. The summed E-state index contributed by atoms with van der Waals surface area (Å²) in [5.41, 5.74) is 4.94. The molecule has 0 aliphatic rings. The molecular weight excluding hydrogens is 344 g/mol. The second-order valence-corrected chi connectivity index (χ2v) is 7.86. The summed E-state index contributed by atoms with van der Waals surface area (Å²) >= 11 is 0. The van der Waals surface area contributed by atoms with Crippen LogP contribution in [0, 0.1) is 13.8 Å². The molecule has 2 aromatic carbocycles. The molecule has 0 N–H and O–H groups in total. The highest BCUT2D eigenvalue weighted by molar-refractivity contribution is 5.37. The summed E-state index contributed by atoms with van der Waals surface area (Å²) < 4.78 is 12.4. The average Bonchev–Trinajstić information content (AvgIpc) is 2.72. The first-order chi connectivity index (χ1) is 13.6. The van der Waals surface area contributed by atoms with Crippen LogP contribution in [0.15, 0.2) is 48.5 Å². The van der Waals surface area contributed by atoms with E-state index in [1.807, 2.05) is 0 Å². The van der Waals surface area contributed by atoms with Crippen molar-refractivity contribution in [3.05, 3.63) is 70.8 Å². The molecule has 2 rings (SSSR count). The Morgan fingerprint density at radius 3 is 1.93 bits per heavy atom. The van der Waals surface area contributed by atoms with Gasteiger partial charge in [-0.25, -0.2) is 0 Å². The molecule has 0 bridgehead atoms. The Balaban J connectivity index is 2.37. The van der Waals surface area contributed by atoms with E-state index in [1.54, 1.807) is 14.2 Å². The summed E-state index contributed by atoms with van der Waals surface area (Å²) in [5.74, 6) is -0.628. The number of rotatable bonds is 12. The summed E-state index contributed by atoms with van der Waals surface area (Å²) in [6.07, 6.45) is 8.77. The molecule has 1 atom stereocenters. The summed E-state index contributed by atoms with van der Waals surface area (Å²) in [7, 11) is 3.56. The van der Waals surface area contributed by atoms with Crippen LogP contribution in [0.25, 0.3) is 0 Å². The molecule has 0 radical (unpaired) electrons. The zero-order valence-electron chi connectivity index (χ0n) is 18.5. The van der Waals surface area contributed by atoms with Crippen molar-refractivity contribution in [2.75, 3.05) is 14.2 Å². The van der Waals surface area contributed by atoms with Crippen LogP contribution in [0.5, 0.6) is 0 Å². The summed E-state index contributed by atoms with van der Waals surface area (Å²) in [4.78, 5) is 0. The smallest absolute Gasteiger partial charge is 0.201 e. The van der Waals surface area contributed by atoms with Crippen molar-refractivity contribution in [3.8, 4) is 0 Å². The zero-order valence-corrected chi connectivity index (χ0v) is 18.5. The molecule has 0 saturated heterocycles. The second kappa shape index (κ2) is 11.4. The molecule has 0 aliphatic carbocycles. The Morgan fingerprint density at radius 2 is 1.32 bits per heavy atom. The van der Waals surface area contributed by atoms with Crippen molar-refractivity contribution in [1.29, 1.82) is 0 Å². The highest BCUT2D eigenvalue weighted by Crippen LogP contribution is 2.45. The van der Waals surface area contributed by atoms with Gasteiger partial charge in [0.15, 0.2) is 0 Å². The van der Waals surface area contributed by atoms with Gasteiger partial charge in [-0.05, 0) is 37.0 Å². The molecule has 2 nitrogen and oxygen atoms in total. The largest absolute Gasteiger partial charge is 0.349 e. The van der Waals surface area contributed by atoms with Gasteiger partial charge in [-0.2, -0.15) is 0 Å². The van der Waals surface area contributed by atoms with E-state index in [0.29, 0.717) is 0 Å². The maximum absolute atomic E-state index is 6.20. The number of ether oxygens (including phenoxy) is 2. The molecule has 0 fully saturated rings. The monoisotopic (exact) mass is 382 g/mol. The molecule has 0 saturated carbocycles. The third-order valence-electron chi connectivity index (χ3n) is 6.00. The van der Waals surface area contributed by atoms with Crippen molar-refractivity contribution in [2.45, 2.75) is 77.4 Å². The van der Waals surface area contributed by atoms with Crippen LogP contribution >= 0.6 is 0 Å². The third-order valence-corrected chi connectivity index (χ3v) is 6.00. The number of hydrogen-bond acceptors (Lipinski definition) is 2. The van der Waals surface area contributed by atoms with Gasteiger partial charge in [-0.15, -0.1) is 0 Å². The molecule has 1 unspecified atom stereocenters. The van der Waals surface area contributed by atoms with Gasteiger partial charge in [0.2, 0.25) is 5.79 Å². The first-order valence-electron chi connectivity index (χ1n) is 10.8. The quantitative estimate of drug-likeness (QED) is 0.283. The lowest BCUT2D eigenvalue weighted by Gasteiger charge is -2.40. The van der Waals surface area contributed by atoms with Crippen molar-refractivity contribution in [2.24, 2.45) is 0 Å². The minimum atomic E-state index is -0.777. The summed E-state index contributed by atoms with van der Waals surface area (Å²) in [5, 5.41) is 0. The van der Waals surface area contributed by atoms with E-state index in [0.717, 1.165) is 12.0 Å². The Labute approximate surface area is 172 Å². The van der Waals surface area contributed by atoms with Crippen molar-refractivity contribution < 1.29 is 9.47 Å². The lowest BCUT2D eigenvalue weighted by Crippen LogP contribution is -2.39.